The zero-order valence-corrected chi connectivity index (χ0v) is 26.0. The molecule has 1 saturated heterocycles. The van der Waals surface area contributed by atoms with Crippen molar-refractivity contribution in [1.82, 2.24) is 15.1 Å². The molecule has 0 unspecified atom stereocenters. The largest absolute Gasteiger partial charge is 0.465 e. The second-order valence-electron chi connectivity index (χ2n) is 11.8. The third-order valence-electron chi connectivity index (χ3n) is 8.19. The first-order chi connectivity index (χ1) is 21.0. The summed E-state index contributed by atoms with van der Waals surface area (Å²) in [6.45, 7) is 6.48. The van der Waals surface area contributed by atoms with Crippen molar-refractivity contribution in [2.24, 2.45) is 5.92 Å². The molecule has 1 aromatic rings. The maximum atomic E-state index is 14.0. The second-order valence-corrected chi connectivity index (χ2v) is 11.8. The van der Waals surface area contributed by atoms with Gasteiger partial charge < -0.3 is 29.9 Å². The van der Waals surface area contributed by atoms with Gasteiger partial charge >= 0.3 is 6.09 Å². The maximum absolute atomic E-state index is 14.0. The number of nitrogens with one attached hydrogen (secondary N) is 1. The molecule has 4 atom stereocenters. The van der Waals surface area contributed by atoms with Crippen molar-refractivity contribution in [3.63, 3.8) is 0 Å². The summed E-state index contributed by atoms with van der Waals surface area (Å²) in [4.78, 5) is 41.0. The highest BCUT2D eigenvalue weighted by molar-refractivity contribution is 6.00. The molecule has 44 heavy (non-hydrogen) atoms. The Kier molecular flexibility index (Phi) is 14.0. The highest BCUT2D eigenvalue weighted by Crippen LogP contribution is 2.26. The van der Waals surface area contributed by atoms with Crippen LogP contribution in [0.25, 0.3) is 0 Å². The summed E-state index contributed by atoms with van der Waals surface area (Å²) in [6, 6.07) is 0.575. The van der Waals surface area contributed by atoms with Gasteiger partial charge in [0.1, 0.15) is 11.6 Å². The van der Waals surface area contributed by atoms with Crippen LogP contribution < -0.4 is 5.32 Å². The van der Waals surface area contributed by atoms with Gasteiger partial charge in [0.2, 0.25) is 11.8 Å². The summed E-state index contributed by atoms with van der Waals surface area (Å²) >= 11 is 0. The van der Waals surface area contributed by atoms with Crippen LogP contribution in [0.5, 0.6) is 0 Å². The highest BCUT2D eigenvalue weighted by Gasteiger charge is 2.41. The van der Waals surface area contributed by atoms with E-state index in [1.165, 1.54) is 19.4 Å². The van der Waals surface area contributed by atoms with Crippen molar-refractivity contribution in [3.8, 4) is 0 Å². The van der Waals surface area contributed by atoms with E-state index >= 15 is 0 Å². The van der Waals surface area contributed by atoms with Gasteiger partial charge in [-0.3, -0.25) is 14.5 Å². The van der Waals surface area contributed by atoms with E-state index < -0.39 is 48.1 Å². The molecule has 0 radical (unpaired) electrons. The van der Waals surface area contributed by atoms with Crippen LogP contribution in [0, 0.1) is 17.6 Å². The fraction of sp³-hybridized carbons (Fsp3) is 0.656. The number of carboxylic acid groups (broad SMARTS) is 1. The molecule has 246 valence electrons. The third kappa shape index (κ3) is 10.5. The summed E-state index contributed by atoms with van der Waals surface area (Å²) in [5.74, 6) is -2.29. The Labute approximate surface area is 258 Å². The number of hydrogen-bond acceptors (Lipinski definition) is 6. The molecule has 0 aromatic heterocycles. The lowest BCUT2D eigenvalue weighted by molar-refractivity contribution is -0.205. The lowest BCUT2D eigenvalue weighted by Crippen LogP contribution is -2.62. The molecule has 1 aliphatic heterocycles. The Balaban J connectivity index is 1.78. The molecule has 1 aliphatic carbocycles. The third-order valence-corrected chi connectivity index (χ3v) is 8.19. The first kappa shape index (κ1) is 35.4. The molecule has 12 heteroatoms. The maximum Gasteiger partial charge on any atom is 0.407 e. The van der Waals surface area contributed by atoms with Crippen molar-refractivity contribution in [2.45, 2.75) is 96.6 Å². The lowest BCUT2D eigenvalue weighted by Gasteiger charge is -2.42. The monoisotopic (exact) mass is 623 g/mol. The number of rotatable bonds is 14. The van der Waals surface area contributed by atoms with Gasteiger partial charge in [0.05, 0.1) is 37.9 Å². The number of amides is 3. The van der Waals surface area contributed by atoms with Crippen molar-refractivity contribution < 1.29 is 42.9 Å². The number of carbonyl (C=O) groups excluding carboxylic acids is 2. The van der Waals surface area contributed by atoms with Gasteiger partial charge in [-0.05, 0) is 62.6 Å². The van der Waals surface area contributed by atoms with Crippen LogP contribution in [-0.4, -0.2) is 95.2 Å². The van der Waals surface area contributed by atoms with Crippen LogP contribution in [0.15, 0.2) is 29.8 Å². The Morgan fingerprint density at radius 3 is 2.34 bits per heavy atom. The average molecular weight is 624 g/mol. The van der Waals surface area contributed by atoms with Crippen molar-refractivity contribution in [2.75, 3.05) is 32.8 Å². The van der Waals surface area contributed by atoms with Gasteiger partial charge in [-0.25, -0.2) is 13.6 Å². The minimum Gasteiger partial charge on any atom is -0.465 e. The summed E-state index contributed by atoms with van der Waals surface area (Å²) in [5.41, 5.74) is 0.218. The van der Waals surface area contributed by atoms with Gasteiger partial charge in [0, 0.05) is 30.8 Å². The van der Waals surface area contributed by atoms with E-state index in [0.717, 1.165) is 55.6 Å². The highest BCUT2D eigenvalue weighted by atomic mass is 19.1. The van der Waals surface area contributed by atoms with Crippen LogP contribution in [0.1, 0.15) is 71.3 Å². The van der Waals surface area contributed by atoms with Gasteiger partial charge in [-0.15, -0.1) is 0 Å². The molecule has 1 heterocycles. The quantitative estimate of drug-likeness (QED) is 0.265. The molecular formula is C32H47F2N3O7. The molecule has 10 nitrogen and oxygen atoms in total. The fourth-order valence-electron chi connectivity index (χ4n) is 5.85. The molecular weight excluding hydrogens is 576 g/mol. The SMILES string of the molecule is CCCN(CCC)C(=O)/C=C(\C)C(=O)N[C@@H](Cc1cc(F)cc(F)c1)[C@H](O)[C@H]1CO[C@@H](OCC2CCCCC2)CN1C(=O)O. The number of nitrogens with zero attached hydrogens (tertiary/aromatic N) is 2. The molecule has 1 saturated carbocycles. The summed E-state index contributed by atoms with van der Waals surface area (Å²) in [6.07, 6.45) is 4.42. The standard InChI is InChI=1S/C32H47F2N3O7/c1-4-11-36(12-5-2)28(38)13-21(3)31(40)35-26(16-23-14-24(33)17-25(34)15-23)30(39)27-20-44-29(18-37(27)32(41)42)43-19-22-9-7-6-8-10-22/h13-15,17,22,26-27,29-30,39H,4-12,16,18-20H2,1-3H3,(H,35,40)(H,41,42)/b21-13+/t26-,27+,29+,30-/m0/s1. The van der Waals surface area contributed by atoms with E-state index in [4.69, 9.17) is 9.47 Å². The minimum atomic E-state index is -1.53. The number of benzene rings is 1. The zero-order chi connectivity index (χ0) is 32.2. The number of ether oxygens (including phenoxy) is 2. The molecule has 0 spiro atoms. The lowest BCUT2D eigenvalue weighted by atomic mass is 9.90. The number of morpholine rings is 1. The van der Waals surface area contributed by atoms with E-state index in [2.05, 4.69) is 5.32 Å². The number of halogens is 2. The van der Waals surface area contributed by atoms with Crippen LogP contribution >= 0.6 is 0 Å². The van der Waals surface area contributed by atoms with E-state index in [9.17, 15) is 33.4 Å². The Morgan fingerprint density at radius 1 is 1.11 bits per heavy atom. The molecule has 1 aromatic carbocycles. The van der Waals surface area contributed by atoms with Crippen molar-refractivity contribution in [1.29, 1.82) is 0 Å². The fourth-order valence-corrected chi connectivity index (χ4v) is 5.85. The van der Waals surface area contributed by atoms with Crippen molar-refractivity contribution >= 4 is 17.9 Å². The molecule has 3 N–H and O–H groups in total. The molecule has 0 bridgehead atoms. The summed E-state index contributed by atoms with van der Waals surface area (Å²) < 4.78 is 39.8. The normalized spacial score (nSPS) is 21.0. The van der Waals surface area contributed by atoms with Crippen LogP contribution in [-0.2, 0) is 25.5 Å². The first-order valence-electron chi connectivity index (χ1n) is 15.7. The van der Waals surface area contributed by atoms with E-state index in [1.807, 2.05) is 13.8 Å². The Hall–Kier alpha value is -3.09. The number of carbonyl (C=O) groups is 3. The smallest absolute Gasteiger partial charge is 0.407 e. The summed E-state index contributed by atoms with van der Waals surface area (Å²) in [7, 11) is 0. The predicted octanol–water partition coefficient (Wildman–Crippen LogP) is 4.25. The minimum absolute atomic E-state index is 0.0704. The molecule has 3 amide bonds. The molecule has 2 fully saturated rings. The number of hydrogen-bond donors (Lipinski definition) is 3. The van der Waals surface area contributed by atoms with Crippen LogP contribution in [0.3, 0.4) is 0 Å². The number of aliphatic hydroxyl groups excluding tert-OH is 1. The van der Waals surface area contributed by atoms with Gasteiger partial charge in [0.15, 0.2) is 6.29 Å². The van der Waals surface area contributed by atoms with Crippen LogP contribution in [0.4, 0.5) is 13.6 Å². The molecule has 2 aliphatic rings. The topological polar surface area (TPSA) is 129 Å². The predicted molar refractivity (Wildman–Crippen MR) is 160 cm³/mol. The van der Waals surface area contributed by atoms with Gasteiger partial charge in [0.25, 0.3) is 0 Å². The van der Waals surface area contributed by atoms with Crippen LogP contribution in [0.2, 0.25) is 0 Å². The number of aliphatic hydroxyl groups is 1. The van der Waals surface area contributed by atoms with Gasteiger partial charge in [-0.1, -0.05) is 33.1 Å². The second kappa shape index (κ2) is 17.4. The summed E-state index contributed by atoms with van der Waals surface area (Å²) in [5, 5.41) is 24.2. The zero-order valence-electron chi connectivity index (χ0n) is 26.0. The Morgan fingerprint density at radius 2 is 1.75 bits per heavy atom. The van der Waals surface area contributed by atoms with E-state index in [0.29, 0.717) is 31.7 Å². The van der Waals surface area contributed by atoms with Gasteiger partial charge in [-0.2, -0.15) is 0 Å². The molecule has 3 rings (SSSR count). The average Bonchev–Trinajstić information content (AvgIpc) is 2.99. The first-order valence-corrected chi connectivity index (χ1v) is 15.7. The van der Waals surface area contributed by atoms with E-state index in [-0.39, 0.29) is 36.6 Å². The van der Waals surface area contributed by atoms with E-state index in [1.54, 1.807) is 4.90 Å². The van der Waals surface area contributed by atoms with Crippen molar-refractivity contribution in [3.05, 3.63) is 47.0 Å². The Bertz CT molecular complexity index is 1120.